The first-order valence-corrected chi connectivity index (χ1v) is 5.12. The van der Waals surface area contributed by atoms with Gasteiger partial charge < -0.3 is 4.57 Å². The maximum atomic E-state index is 12.3. The fourth-order valence-corrected chi connectivity index (χ4v) is 1.72. The number of carbonyl (C=O) groups is 1. The van der Waals surface area contributed by atoms with Crippen molar-refractivity contribution in [1.29, 1.82) is 0 Å². The first kappa shape index (κ1) is 13.1. The van der Waals surface area contributed by atoms with Gasteiger partial charge in [0.05, 0.1) is 5.88 Å². The third kappa shape index (κ3) is 2.78. The molecule has 0 fully saturated rings. The summed E-state index contributed by atoms with van der Waals surface area (Å²) < 4.78 is 37.9. The normalized spacial score (nSPS) is 11.9. The Labute approximate surface area is 96.0 Å². The van der Waals surface area contributed by atoms with Crippen LogP contribution in [0.1, 0.15) is 21.7 Å². The summed E-state index contributed by atoms with van der Waals surface area (Å²) in [4.78, 5) is 11.3. The van der Waals surface area contributed by atoms with Crippen LogP contribution in [0, 0.1) is 13.8 Å². The van der Waals surface area contributed by atoms with Crippen molar-refractivity contribution in [2.24, 2.45) is 0 Å². The molecule has 2 nitrogen and oxygen atoms in total. The standard InChI is InChI=1S/C10H11ClF3NO/c1-6-3-8(9(16)4-11)7(2)15(6)5-10(12,13)14/h3H,4-5H2,1-2H3. The average Bonchev–Trinajstić information content (AvgIpc) is 2.42. The lowest BCUT2D eigenvalue weighted by Gasteiger charge is -2.12. The maximum absolute atomic E-state index is 12.3. The molecule has 0 saturated carbocycles. The van der Waals surface area contributed by atoms with E-state index < -0.39 is 12.7 Å². The highest BCUT2D eigenvalue weighted by molar-refractivity contribution is 6.30. The molecule has 0 aliphatic rings. The van der Waals surface area contributed by atoms with E-state index in [1.807, 2.05) is 0 Å². The number of ketones is 1. The molecule has 0 spiro atoms. The monoisotopic (exact) mass is 253 g/mol. The van der Waals surface area contributed by atoms with Crippen molar-refractivity contribution in [3.8, 4) is 0 Å². The van der Waals surface area contributed by atoms with E-state index in [-0.39, 0.29) is 17.2 Å². The number of hydrogen-bond donors (Lipinski definition) is 0. The molecule has 0 bridgehead atoms. The third-order valence-electron chi connectivity index (χ3n) is 2.33. The van der Waals surface area contributed by atoms with Crippen LogP contribution in [-0.4, -0.2) is 22.4 Å². The number of rotatable bonds is 3. The highest BCUT2D eigenvalue weighted by Gasteiger charge is 2.30. The zero-order valence-corrected chi connectivity index (χ0v) is 9.61. The molecule has 1 heterocycles. The van der Waals surface area contributed by atoms with Crippen LogP contribution in [0.3, 0.4) is 0 Å². The number of aryl methyl sites for hydroxylation is 1. The molecule has 0 amide bonds. The molecule has 6 heteroatoms. The van der Waals surface area contributed by atoms with Gasteiger partial charge in [0.25, 0.3) is 0 Å². The number of carbonyl (C=O) groups excluding carboxylic acids is 1. The second-order valence-corrected chi connectivity index (χ2v) is 3.81. The molecule has 1 aromatic heterocycles. The SMILES string of the molecule is Cc1cc(C(=O)CCl)c(C)n1CC(F)(F)F. The Kier molecular flexibility index (Phi) is 3.68. The lowest BCUT2D eigenvalue weighted by Crippen LogP contribution is -2.19. The molecule has 0 aliphatic carbocycles. The Morgan fingerprint density at radius 2 is 2.00 bits per heavy atom. The van der Waals surface area contributed by atoms with Gasteiger partial charge in [-0.25, -0.2) is 0 Å². The van der Waals surface area contributed by atoms with Crippen LogP contribution >= 0.6 is 11.6 Å². The van der Waals surface area contributed by atoms with Gasteiger partial charge >= 0.3 is 6.18 Å². The molecule has 0 radical (unpaired) electrons. The lowest BCUT2D eigenvalue weighted by molar-refractivity contribution is -0.141. The van der Waals surface area contributed by atoms with Gasteiger partial charge in [-0.2, -0.15) is 13.2 Å². The van der Waals surface area contributed by atoms with Gasteiger partial charge in [0, 0.05) is 17.0 Å². The van der Waals surface area contributed by atoms with Crippen LogP contribution in [0.4, 0.5) is 13.2 Å². The predicted molar refractivity (Wildman–Crippen MR) is 55.0 cm³/mol. The van der Waals surface area contributed by atoms with Crippen molar-refractivity contribution in [3.63, 3.8) is 0 Å². The van der Waals surface area contributed by atoms with E-state index in [4.69, 9.17) is 11.6 Å². The summed E-state index contributed by atoms with van der Waals surface area (Å²) in [7, 11) is 0. The first-order chi connectivity index (χ1) is 7.26. The highest BCUT2D eigenvalue weighted by Crippen LogP contribution is 2.23. The van der Waals surface area contributed by atoms with Crippen LogP contribution in [-0.2, 0) is 6.54 Å². The van der Waals surface area contributed by atoms with E-state index in [0.29, 0.717) is 11.4 Å². The molecule has 0 aliphatic heterocycles. The number of hydrogen-bond acceptors (Lipinski definition) is 1. The van der Waals surface area contributed by atoms with Gasteiger partial charge in [0.2, 0.25) is 0 Å². The topological polar surface area (TPSA) is 22.0 Å². The van der Waals surface area contributed by atoms with Crippen molar-refractivity contribution in [2.75, 3.05) is 5.88 Å². The highest BCUT2D eigenvalue weighted by atomic mass is 35.5. The Morgan fingerprint density at radius 3 is 2.44 bits per heavy atom. The van der Waals surface area contributed by atoms with Crippen molar-refractivity contribution in [2.45, 2.75) is 26.6 Å². The number of Topliss-reactive ketones (excluding diaryl/α,β-unsaturated/α-hetero) is 1. The molecular formula is C10H11ClF3NO. The van der Waals surface area contributed by atoms with Gasteiger partial charge in [-0.05, 0) is 19.9 Å². The minimum atomic E-state index is -4.30. The Bertz CT molecular complexity index is 409. The summed E-state index contributed by atoms with van der Waals surface area (Å²) in [5, 5.41) is 0. The Balaban J connectivity index is 3.12. The number of halogens is 4. The summed E-state index contributed by atoms with van der Waals surface area (Å²) in [6, 6.07) is 1.44. The van der Waals surface area contributed by atoms with Crippen molar-refractivity contribution in [3.05, 3.63) is 23.0 Å². The lowest BCUT2D eigenvalue weighted by atomic mass is 10.2. The molecular weight excluding hydrogens is 243 g/mol. The zero-order chi connectivity index (χ0) is 12.5. The maximum Gasteiger partial charge on any atom is 0.406 e. The van der Waals surface area contributed by atoms with Gasteiger partial charge in [0.1, 0.15) is 6.54 Å². The van der Waals surface area contributed by atoms with E-state index in [0.717, 1.165) is 4.57 Å². The molecule has 1 rings (SSSR count). The fourth-order valence-electron chi connectivity index (χ4n) is 1.58. The van der Waals surface area contributed by atoms with Gasteiger partial charge in [0.15, 0.2) is 5.78 Å². The van der Waals surface area contributed by atoms with E-state index in [2.05, 4.69) is 0 Å². The number of aromatic nitrogens is 1. The Morgan fingerprint density at radius 1 is 1.44 bits per heavy atom. The summed E-state index contributed by atoms with van der Waals surface area (Å²) in [5.41, 5.74) is 0.973. The number of alkyl halides is 4. The minimum absolute atomic E-state index is 0.226. The molecule has 0 aromatic carbocycles. The molecule has 16 heavy (non-hydrogen) atoms. The molecule has 0 N–H and O–H groups in total. The van der Waals surface area contributed by atoms with Gasteiger partial charge in [-0.3, -0.25) is 4.79 Å². The van der Waals surface area contributed by atoms with Crippen molar-refractivity contribution >= 4 is 17.4 Å². The van der Waals surface area contributed by atoms with Crippen LogP contribution < -0.4 is 0 Å². The largest absolute Gasteiger partial charge is 0.406 e. The molecule has 0 saturated heterocycles. The molecule has 0 unspecified atom stereocenters. The van der Waals surface area contributed by atoms with Crippen LogP contribution in [0.15, 0.2) is 6.07 Å². The average molecular weight is 254 g/mol. The molecule has 0 atom stereocenters. The second-order valence-electron chi connectivity index (χ2n) is 3.54. The van der Waals surface area contributed by atoms with Gasteiger partial charge in [-0.15, -0.1) is 11.6 Å². The summed E-state index contributed by atoms with van der Waals surface area (Å²) >= 11 is 5.37. The third-order valence-corrected chi connectivity index (χ3v) is 2.58. The summed E-state index contributed by atoms with van der Waals surface area (Å²) in [6.45, 7) is 1.93. The van der Waals surface area contributed by atoms with E-state index in [9.17, 15) is 18.0 Å². The van der Waals surface area contributed by atoms with E-state index in [1.54, 1.807) is 0 Å². The number of nitrogens with zero attached hydrogens (tertiary/aromatic N) is 1. The predicted octanol–water partition coefficient (Wildman–Crippen LogP) is 3.09. The Hall–Kier alpha value is -0.970. The molecule has 1 aromatic rings. The quantitative estimate of drug-likeness (QED) is 0.599. The first-order valence-electron chi connectivity index (χ1n) is 4.59. The molecule has 90 valence electrons. The van der Waals surface area contributed by atoms with Crippen LogP contribution in [0.25, 0.3) is 0 Å². The van der Waals surface area contributed by atoms with Crippen molar-refractivity contribution in [1.82, 2.24) is 4.57 Å². The zero-order valence-electron chi connectivity index (χ0n) is 8.86. The minimum Gasteiger partial charge on any atom is -0.339 e. The smallest absolute Gasteiger partial charge is 0.339 e. The van der Waals surface area contributed by atoms with E-state index in [1.165, 1.54) is 19.9 Å². The van der Waals surface area contributed by atoms with Crippen LogP contribution in [0.5, 0.6) is 0 Å². The van der Waals surface area contributed by atoms with E-state index >= 15 is 0 Å². The summed E-state index contributed by atoms with van der Waals surface area (Å²) in [5.74, 6) is -0.584. The van der Waals surface area contributed by atoms with Crippen molar-refractivity contribution < 1.29 is 18.0 Å². The van der Waals surface area contributed by atoms with Gasteiger partial charge in [-0.1, -0.05) is 0 Å². The second kappa shape index (κ2) is 4.49. The van der Waals surface area contributed by atoms with Crippen LogP contribution in [0.2, 0.25) is 0 Å². The summed E-state index contributed by atoms with van der Waals surface area (Å²) in [6.07, 6.45) is -4.30. The fraction of sp³-hybridized carbons (Fsp3) is 0.500.